The quantitative estimate of drug-likeness (QED) is 0.351. The van der Waals surface area contributed by atoms with Crippen molar-refractivity contribution in [1.82, 2.24) is 4.90 Å². The Morgan fingerprint density at radius 2 is 1.94 bits per heavy atom. The molecule has 1 atom stereocenters. The summed E-state index contributed by atoms with van der Waals surface area (Å²) in [7, 11) is 0. The molecule has 0 aromatic heterocycles. The fraction of sp³-hybridized carbons (Fsp3) is 0.259. The predicted octanol–water partition coefficient (Wildman–Crippen LogP) is 6.30. The second kappa shape index (κ2) is 10.4. The summed E-state index contributed by atoms with van der Waals surface area (Å²) in [6.07, 6.45) is 0.880. The highest BCUT2D eigenvalue weighted by Crippen LogP contribution is 2.38. The van der Waals surface area contributed by atoms with Crippen LogP contribution in [-0.4, -0.2) is 34.0 Å². The second-order valence-corrected chi connectivity index (χ2v) is 10.3. The minimum absolute atomic E-state index is 0.0768. The normalized spacial score (nSPS) is 16.5. The topological polar surface area (TPSA) is 66.8 Å². The van der Waals surface area contributed by atoms with Crippen molar-refractivity contribution in [1.29, 1.82) is 0 Å². The molecule has 0 bridgehead atoms. The van der Waals surface area contributed by atoms with E-state index in [9.17, 15) is 14.0 Å². The monoisotopic (exact) mass is 559 g/mol. The van der Waals surface area contributed by atoms with Crippen molar-refractivity contribution in [3.63, 3.8) is 0 Å². The van der Waals surface area contributed by atoms with Crippen LogP contribution in [-0.2, 0) is 24.2 Å². The lowest BCUT2D eigenvalue weighted by Gasteiger charge is -2.24. The zero-order valence-corrected chi connectivity index (χ0v) is 21.4. The number of carboxylic acids is 1. The zero-order valence-electron chi connectivity index (χ0n) is 19.1. The fourth-order valence-electron chi connectivity index (χ4n) is 4.36. The average Bonchev–Trinajstić information content (AvgIpc) is 3.13. The van der Waals surface area contributed by atoms with Gasteiger partial charge in [-0.05, 0) is 66.1 Å². The van der Waals surface area contributed by atoms with Gasteiger partial charge in [-0.25, -0.2) is 4.39 Å². The molecule has 1 aliphatic heterocycles. The lowest BCUT2D eigenvalue weighted by atomic mass is 9.91. The summed E-state index contributed by atoms with van der Waals surface area (Å²) in [6.45, 7) is 2.33. The molecule has 4 rings (SSSR count). The molecule has 0 unspecified atom stereocenters. The number of hydrogen-bond acceptors (Lipinski definition) is 3. The molecule has 1 amide bonds. The number of carboxylic acid groups (broad SMARTS) is 1. The van der Waals surface area contributed by atoms with Crippen LogP contribution in [0.3, 0.4) is 0 Å². The largest absolute Gasteiger partial charge is 0.487 e. The van der Waals surface area contributed by atoms with Gasteiger partial charge in [0, 0.05) is 36.0 Å². The number of rotatable bonds is 8. The van der Waals surface area contributed by atoms with Crippen molar-refractivity contribution in [3.05, 3.63) is 98.2 Å². The number of ether oxygens (including phenoxy) is 1. The van der Waals surface area contributed by atoms with Crippen LogP contribution in [0.4, 0.5) is 4.39 Å². The number of amides is 1. The molecule has 1 aliphatic rings. The van der Waals surface area contributed by atoms with Gasteiger partial charge in [0.2, 0.25) is 0 Å². The van der Waals surface area contributed by atoms with Crippen LogP contribution in [0.15, 0.2) is 65.1 Å². The van der Waals surface area contributed by atoms with Gasteiger partial charge >= 0.3 is 5.97 Å². The standard InChI is InChI=1S/C27H24BrClFNO4/c1-27(14-17-5-7-22(29)23(30)12-17)15-20-13-19(6-8-24(20)35-27)26(34)31(10-9-25(32)33)16-18-3-2-4-21(28)11-18/h2-8,11-13H,9-10,14-16H2,1H3,(H,32,33)/t27-/m0/s1. The maximum absolute atomic E-state index is 13.9. The molecule has 3 aromatic rings. The van der Waals surface area contributed by atoms with Crippen LogP contribution in [0.25, 0.3) is 0 Å². The van der Waals surface area contributed by atoms with E-state index in [4.69, 9.17) is 21.4 Å². The first-order valence-electron chi connectivity index (χ1n) is 11.1. The van der Waals surface area contributed by atoms with E-state index in [0.29, 0.717) is 30.7 Å². The summed E-state index contributed by atoms with van der Waals surface area (Å²) in [5, 5.41) is 9.25. The first-order valence-corrected chi connectivity index (χ1v) is 12.3. The summed E-state index contributed by atoms with van der Waals surface area (Å²) in [5.74, 6) is -0.998. The van der Waals surface area contributed by atoms with Gasteiger partial charge in [-0.1, -0.05) is 45.7 Å². The smallest absolute Gasteiger partial charge is 0.305 e. The minimum Gasteiger partial charge on any atom is -0.487 e. The summed E-state index contributed by atoms with van der Waals surface area (Å²) in [5.41, 5.74) is 2.42. The minimum atomic E-state index is -0.964. The van der Waals surface area contributed by atoms with Gasteiger partial charge in [-0.2, -0.15) is 0 Å². The third kappa shape index (κ3) is 6.21. The predicted molar refractivity (Wildman–Crippen MR) is 135 cm³/mol. The van der Waals surface area contributed by atoms with E-state index < -0.39 is 17.4 Å². The Labute approximate surface area is 216 Å². The molecule has 0 fully saturated rings. The lowest BCUT2D eigenvalue weighted by Crippen LogP contribution is -2.33. The number of benzene rings is 3. The zero-order chi connectivity index (χ0) is 25.2. The summed E-state index contributed by atoms with van der Waals surface area (Å²) in [6, 6.07) is 17.6. The molecule has 8 heteroatoms. The number of carbonyl (C=O) groups is 2. The molecule has 0 saturated heterocycles. The van der Waals surface area contributed by atoms with Crippen LogP contribution in [0.5, 0.6) is 5.75 Å². The molecule has 1 N–H and O–H groups in total. The van der Waals surface area contributed by atoms with E-state index in [-0.39, 0.29) is 23.9 Å². The van der Waals surface area contributed by atoms with Gasteiger partial charge in [-0.15, -0.1) is 0 Å². The van der Waals surface area contributed by atoms with E-state index in [1.807, 2.05) is 31.2 Å². The number of hydrogen-bond donors (Lipinski definition) is 1. The summed E-state index contributed by atoms with van der Waals surface area (Å²) in [4.78, 5) is 26.1. The molecule has 0 aliphatic carbocycles. The van der Waals surface area contributed by atoms with E-state index in [1.54, 1.807) is 29.2 Å². The molecular weight excluding hydrogens is 537 g/mol. The van der Waals surface area contributed by atoms with Crippen LogP contribution in [0.2, 0.25) is 5.02 Å². The Hall–Kier alpha value is -2.90. The SMILES string of the molecule is C[C@]1(Cc2ccc(Cl)c(F)c2)Cc2cc(C(=O)N(CCC(=O)O)Cc3cccc(Br)c3)ccc2O1. The third-order valence-electron chi connectivity index (χ3n) is 5.94. The number of aliphatic carboxylic acids is 1. The summed E-state index contributed by atoms with van der Waals surface area (Å²) >= 11 is 9.23. The second-order valence-electron chi connectivity index (χ2n) is 8.98. The van der Waals surface area contributed by atoms with Crippen molar-refractivity contribution < 1.29 is 23.8 Å². The number of halogens is 3. The number of nitrogens with zero attached hydrogens (tertiary/aromatic N) is 1. The maximum Gasteiger partial charge on any atom is 0.305 e. The highest BCUT2D eigenvalue weighted by Gasteiger charge is 2.35. The Balaban J connectivity index is 1.53. The molecule has 35 heavy (non-hydrogen) atoms. The van der Waals surface area contributed by atoms with Crippen molar-refractivity contribution in [2.24, 2.45) is 0 Å². The number of carbonyl (C=O) groups excluding carboxylic acids is 1. The van der Waals surface area contributed by atoms with E-state index in [0.717, 1.165) is 21.2 Å². The molecule has 0 saturated carbocycles. The van der Waals surface area contributed by atoms with E-state index in [2.05, 4.69) is 15.9 Å². The van der Waals surface area contributed by atoms with Crippen LogP contribution in [0.1, 0.15) is 40.4 Å². The summed E-state index contributed by atoms with van der Waals surface area (Å²) < 4.78 is 21.0. The van der Waals surface area contributed by atoms with Crippen molar-refractivity contribution in [3.8, 4) is 5.75 Å². The Morgan fingerprint density at radius 1 is 1.14 bits per heavy atom. The highest BCUT2D eigenvalue weighted by molar-refractivity contribution is 9.10. The first-order chi connectivity index (χ1) is 16.6. The molecule has 1 heterocycles. The number of fused-ring (bicyclic) bond motifs is 1. The molecule has 182 valence electrons. The van der Waals surface area contributed by atoms with Gasteiger partial charge in [0.15, 0.2) is 0 Å². The van der Waals surface area contributed by atoms with E-state index >= 15 is 0 Å². The first kappa shape index (κ1) is 25.2. The van der Waals surface area contributed by atoms with Crippen molar-refractivity contribution in [2.75, 3.05) is 6.54 Å². The van der Waals surface area contributed by atoms with Crippen LogP contribution < -0.4 is 4.74 Å². The van der Waals surface area contributed by atoms with Gasteiger partial charge in [0.05, 0.1) is 11.4 Å². The molecule has 0 spiro atoms. The van der Waals surface area contributed by atoms with Crippen molar-refractivity contribution >= 4 is 39.4 Å². The van der Waals surface area contributed by atoms with Crippen LogP contribution in [0, 0.1) is 5.82 Å². The molecular formula is C27H24BrClFNO4. The Kier molecular flexibility index (Phi) is 7.47. The lowest BCUT2D eigenvalue weighted by molar-refractivity contribution is -0.137. The van der Waals surface area contributed by atoms with Gasteiger partial charge in [0.1, 0.15) is 17.2 Å². The highest BCUT2D eigenvalue weighted by atomic mass is 79.9. The third-order valence-corrected chi connectivity index (χ3v) is 6.74. The van der Waals surface area contributed by atoms with Gasteiger partial charge < -0.3 is 14.7 Å². The van der Waals surface area contributed by atoms with Gasteiger partial charge in [0.25, 0.3) is 5.91 Å². The molecule has 0 radical (unpaired) electrons. The Bertz CT molecular complexity index is 1280. The van der Waals surface area contributed by atoms with Gasteiger partial charge in [-0.3, -0.25) is 9.59 Å². The van der Waals surface area contributed by atoms with Crippen molar-refractivity contribution in [2.45, 2.75) is 38.3 Å². The Morgan fingerprint density at radius 3 is 2.66 bits per heavy atom. The molecule has 5 nitrogen and oxygen atoms in total. The average molecular weight is 561 g/mol. The molecule has 3 aromatic carbocycles. The fourth-order valence-corrected chi connectivity index (χ4v) is 4.92. The van der Waals surface area contributed by atoms with Crippen LogP contribution >= 0.6 is 27.5 Å². The maximum atomic E-state index is 13.9. The van der Waals surface area contributed by atoms with E-state index in [1.165, 1.54) is 12.1 Å².